The molecular formula is C9H12N2O3S. The second-order valence-corrected chi connectivity index (χ2v) is 4.85. The molecule has 6 heteroatoms. The average Bonchev–Trinajstić information content (AvgIpc) is 2.05. The monoisotopic (exact) mass is 228 g/mol. The summed E-state index contributed by atoms with van der Waals surface area (Å²) in [7, 11) is -3.34. The largest absolute Gasteiger partial charge is 0.325 e. The van der Waals surface area contributed by atoms with Gasteiger partial charge in [0.05, 0.1) is 17.6 Å². The van der Waals surface area contributed by atoms with Crippen molar-refractivity contribution in [2.45, 2.75) is 6.92 Å². The number of hydrogen-bond donors (Lipinski definition) is 2. The first-order valence-corrected chi connectivity index (χ1v) is 6.12. The Morgan fingerprint density at radius 2 is 1.73 bits per heavy atom. The molecule has 2 N–H and O–H groups in total. The lowest BCUT2D eigenvalue weighted by molar-refractivity contribution is -0.114. The Labute approximate surface area is 88.5 Å². The van der Waals surface area contributed by atoms with Gasteiger partial charge in [0, 0.05) is 6.92 Å². The molecule has 0 bridgehead atoms. The number of benzene rings is 1. The van der Waals surface area contributed by atoms with Crippen molar-refractivity contribution in [3.63, 3.8) is 0 Å². The number of amides is 1. The molecule has 1 amide bonds. The minimum Gasteiger partial charge on any atom is -0.325 e. The van der Waals surface area contributed by atoms with Gasteiger partial charge in [-0.1, -0.05) is 12.1 Å². The fourth-order valence-corrected chi connectivity index (χ4v) is 1.65. The minimum atomic E-state index is -3.34. The minimum absolute atomic E-state index is 0.252. The van der Waals surface area contributed by atoms with Gasteiger partial charge in [0.1, 0.15) is 0 Å². The van der Waals surface area contributed by atoms with Crippen molar-refractivity contribution in [1.82, 2.24) is 0 Å². The zero-order valence-corrected chi connectivity index (χ0v) is 9.26. The Morgan fingerprint density at radius 1 is 1.20 bits per heavy atom. The Morgan fingerprint density at radius 3 is 2.20 bits per heavy atom. The first-order valence-electron chi connectivity index (χ1n) is 4.23. The summed E-state index contributed by atoms with van der Waals surface area (Å²) in [5, 5.41) is 2.53. The van der Waals surface area contributed by atoms with E-state index in [0.29, 0.717) is 11.4 Å². The van der Waals surface area contributed by atoms with Crippen LogP contribution in [0.1, 0.15) is 6.92 Å². The lowest BCUT2D eigenvalue weighted by atomic mass is 10.3. The van der Waals surface area contributed by atoms with Gasteiger partial charge in [0.15, 0.2) is 0 Å². The van der Waals surface area contributed by atoms with Crippen LogP contribution >= 0.6 is 0 Å². The molecule has 0 saturated carbocycles. The van der Waals surface area contributed by atoms with E-state index in [1.165, 1.54) is 6.92 Å². The van der Waals surface area contributed by atoms with Crippen LogP contribution in [0.4, 0.5) is 11.4 Å². The number of sulfonamides is 1. The molecule has 15 heavy (non-hydrogen) atoms. The number of rotatable bonds is 3. The molecule has 0 radical (unpaired) electrons. The van der Waals surface area contributed by atoms with Crippen molar-refractivity contribution < 1.29 is 13.2 Å². The molecule has 0 aliphatic heterocycles. The zero-order valence-electron chi connectivity index (χ0n) is 8.44. The molecule has 0 heterocycles. The summed E-state index contributed by atoms with van der Waals surface area (Å²) in [6, 6.07) is 6.58. The maximum atomic E-state index is 11.0. The molecule has 0 spiro atoms. The summed E-state index contributed by atoms with van der Waals surface area (Å²) in [5.41, 5.74) is 0.797. The van der Waals surface area contributed by atoms with Gasteiger partial charge in [-0.15, -0.1) is 0 Å². The van der Waals surface area contributed by atoms with Crippen LogP contribution in [0.15, 0.2) is 24.3 Å². The molecule has 0 aliphatic carbocycles. The van der Waals surface area contributed by atoms with E-state index in [1.807, 2.05) is 0 Å². The van der Waals surface area contributed by atoms with Crippen LogP contribution in [0, 0.1) is 0 Å². The summed E-state index contributed by atoms with van der Waals surface area (Å²) in [6.07, 6.45) is 1.05. The maximum absolute atomic E-state index is 11.0. The number of carbonyl (C=O) groups excluding carboxylic acids is 1. The second-order valence-electron chi connectivity index (χ2n) is 3.10. The predicted molar refractivity (Wildman–Crippen MR) is 59.2 cm³/mol. The van der Waals surface area contributed by atoms with Gasteiger partial charge in [0.2, 0.25) is 15.9 Å². The van der Waals surface area contributed by atoms with Crippen LogP contribution in [-0.4, -0.2) is 20.6 Å². The van der Waals surface area contributed by atoms with E-state index < -0.39 is 10.0 Å². The van der Waals surface area contributed by atoms with Gasteiger partial charge in [-0.3, -0.25) is 9.52 Å². The third-order valence-electron chi connectivity index (χ3n) is 1.53. The third-order valence-corrected chi connectivity index (χ3v) is 2.12. The topological polar surface area (TPSA) is 75.3 Å². The number of nitrogens with one attached hydrogen (secondary N) is 2. The van der Waals surface area contributed by atoms with Crippen LogP contribution in [0.3, 0.4) is 0 Å². The highest BCUT2D eigenvalue weighted by atomic mass is 32.2. The third kappa shape index (κ3) is 3.99. The van der Waals surface area contributed by atoms with Gasteiger partial charge in [-0.2, -0.15) is 0 Å². The molecule has 1 aromatic rings. The van der Waals surface area contributed by atoms with Gasteiger partial charge in [0.25, 0.3) is 0 Å². The van der Waals surface area contributed by atoms with E-state index in [9.17, 15) is 13.2 Å². The summed E-state index contributed by atoms with van der Waals surface area (Å²) in [6.45, 7) is 1.36. The Bertz CT molecular complexity index is 468. The van der Waals surface area contributed by atoms with Gasteiger partial charge in [-0.25, -0.2) is 8.42 Å². The van der Waals surface area contributed by atoms with Gasteiger partial charge >= 0.3 is 0 Å². The van der Waals surface area contributed by atoms with Crippen molar-refractivity contribution in [2.24, 2.45) is 0 Å². The van der Waals surface area contributed by atoms with Crippen LogP contribution in [0.25, 0.3) is 0 Å². The highest BCUT2D eigenvalue weighted by Crippen LogP contribution is 2.21. The number of anilines is 2. The molecule has 0 saturated heterocycles. The van der Waals surface area contributed by atoms with E-state index in [2.05, 4.69) is 10.0 Å². The Kier molecular flexibility index (Phi) is 3.31. The molecule has 0 aliphatic rings. The molecule has 0 fully saturated rings. The molecule has 0 aromatic heterocycles. The lowest BCUT2D eigenvalue weighted by Gasteiger charge is -2.10. The van der Waals surface area contributed by atoms with Gasteiger partial charge in [-0.05, 0) is 12.1 Å². The van der Waals surface area contributed by atoms with Crippen LogP contribution in [0.2, 0.25) is 0 Å². The van der Waals surface area contributed by atoms with E-state index in [0.717, 1.165) is 6.26 Å². The Balaban J connectivity index is 3.01. The van der Waals surface area contributed by atoms with E-state index in [-0.39, 0.29) is 5.91 Å². The van der Waals surface area contributed by atoms with Crippen molar-refractivity contribution in [2.75, 3.05) is 16.3 Å². The smallest absolute Gasteiger partial charge is 0.229 e. The first-order chi connectivity index (χ1) is 6.88. The van der Waals surface area contributed by atoms with Crippen LogP contribution in [0.5, 0.6) is 0 Å². The van der Waals surface area contributed by atoms with Crippen molar-refractivity contribution in [3.8, 4) is 0 Å². The second kappa shape index (κ2) is 4.31. The highest BCUT2D eigenvalue weighted by molar-refractivity contribution is 7.92. The average molecular weight is 228 g/mol. The molecule has 0 unspecified atom stereocenters. The fraction of sp³-hybridized carbons (Fsp3) is 0.222. The van der Waals surface area contributed by atoms with E-state index in [4.69, 9.17) is 0 Å². The maximum Gasteiger partial charge on any atom is 0.229 e. The van der Waals surface area contributed by atoms with E-state index in [1.54, 1.807) is 24.3 Å². The predicted octanol–water partition coefficient (Wildman–Crippen LogP) is 1.02. The van der Waals surface area contributed by atoms with Crippen LogP contribution < -0.4 is 10.0 Å². The number of carbonyl (C=O) groups is 1. The standard InChI is InChI=1S/C9H12N2O3S/c1-7(12)10-8-5-3-4-6-9(8)11-15(2,13)14/h3-6,11H,1-2H3,(H,10,12). The number of hydrogen-bond acceptors (Lipinski definition) is 3. The molecule has 82 valence electrons. The SMILES string of the molecule is CC(=O)Nc1ccccc1NS(C)(=O)=O. The summed E-state index contributed by atoms with van der Waals surface area (Å²) in [4.78, 5) is 10.8. The molecular weight excluding hydrogens is 216 g/mol. The first kappa shape index (κ1) is 11.5. The quantitative estimate of drug-likeness (QED) is 0.811. The lowest BCUT2D eigenvalue weighted by Crippen LogP contribution is -2.13. The molecule has 5 nitrogen and oxygen atoms in total. The Hall–Kier alpha value is -1.56. The van der Waals surface area contributed by atoms with Crippen molar-refractivity contribution >= 4 is 27.3 Å². The van der Waals surface area contributed by atoms with Crippen molar-refractivity contribution in [1.29, 1.82) is 0 Å². The van der Waals surface area contributed by atoms with Gasteiger partial charge < -0.3 is 5.32 Å². The zero-order chi connectivity index (χ0) is 11.5. The molecule has 0 atom stereocenters. The molecule has 1 rings (SSSR count). The van der Waals surface area contributed by atoms with E-state index >= 15 is 0 Å². The fourth-order valence-electron chi connectivity index (χ4n) is 1.07. The molecule has 1 aromatic carbocycles. The highest BCUT2D eigenvalue weighted by Gasteiger charge is 2.07. The van der Waals surface area contributed by atoms with Crippen molar-refractivity contribution in [3.05, 3.63) is 24.3 Å². The van der Waals surface area contributed by atoms with Crippen LogP contribution in [-0.2, 0) is 14.8 Å². The summed E-state index contributed by atoms with van der Waals surface area (Å²) >= 11 is 0. The number of para-hydroxylation sites is 2. The summed E-state index contributed by atoms with van der Waals surface area (Å²) < 4.78 is 24.3. The summed E-state index contributed by atoms with van der Waals surface area (Å²) in [5.74, 6) is -0.252. The normalized spacial score (nSPS) is 10.8.